The molecule has 0 aliphatic rings. The maximum Gasteiger partial charge on any atom is 0.125 e. The van der Waals surface area contributed by atoms with Crippen molar-refractivity contribution >= 4 is 5.69 Å². The molecular weight excluding hydrogens is 143 g/mol. The Morgan fingerprint density at radius 1 is 1.55 bits per heavy atom. The van der Waals surface area contributed by atoms with Crippen LogP contribution in [-0.2, 0) is 0 Å². The van der Waals surface area contributed by atoms with Gasteiger partial charge in [-0.1, -0.05) is 6.07 Å². The summed E-state index contributed by atoms with van der Waals surface area (Å²) in [6, 6.07) is 6.21. The minimum Gasteiger partial charge on any atom is -0.370 e. The predicted molar refractivity (Wildman–Crippen MR) is 43.7 cm³/mol. The molecule has 0 amide bonds. The Labute approximate surface area is 65.2 Å². The quantitative estimate of drug-likeness (QED) is 0.634. The summed E-state index contributed by atoms with van der Waals surface area (Å²) in [5.41, 5.74) is 6.15. The van der Waals surface area contributed by atoms with Crippen molar-refractivity contribution < 1.29 is 4.39 Å². The summed E-state index contributed by atoms with van der Waals surface area (Å²) < 4.78 is 12.5. The van der Waals surface area contributed by atoms with Crippen molar-refractivity contribution in [2.75, 3.05) is 5.32 Å². The molecule has 60 valence electrons. The van der Waals surface area contributed by atoms with Crippen LogP contribution in [0, 0.1) is 5.82 Å². The van der Waals surface area contributed by atoms with Crippen LogP contribution < -0.4 is 11.1 Å². The lowest BCUT2D eigenvalue weighted by Crippen LogP contribution is -2.25. The minimum atomic E-state index is -0.254. The van der Waals surface area contributed by atoms with Crippen LogP contribution in [0.15, 0.2) is 24.3 Å². The molecule has 0 fully saturated rings. The van der Waals surface area contributed by atoms with E-state index in [1.54, 1.807) is 19.1 Å². The van der Waals surface area contributed by atoms with E-state index < -0.39 is 0 Å². The minimum absolute atomic E-state index is 0.156. The monoisotopic (exact) mass is 154 g/mol. The first-order valence-electron chi connectivity index (χ1n) is 3.46. The van der Waals surface area contributed by atoms with Crippen LogP contribution in [0.5, 0.6) is 0 Å². The fourth-order valence-electron chi connectivity index (χ4n) is 0.841. The van der Waals surface area contributed by atoms with E-state index in [2.05, 4.69) is 5.32 Å². The van der Waals surface area contributed by atoms with Crippen LogP contribution in [0.4, 0.5) is 10.1 Å². The topological polar surface area (TPSA) is 38.0 Å². The molecule has 0 aliphatic heterocycles. The Bertz CT molecular complexity index is 235. The molecule has 1 rings (SSSR count). The molecule has 0 aliphatic carbocycles. The second-order valence-electron chi connectivity index (χ2n) is 2.44. The van der Waals surface area contributed by atoms with Crippen molar-refractivity contribution in [3.05, 3.63) is 30.1 Å². The molecule has 2 nitrogen and oxygen atoms in total. The summed E-state index contributed by atoms with van der Waals surface area (Å²) in [5, 5.41) is 2.88. The van der Waals surface area contributed by atoms with Crippen molar-refractivity contribution in [3.8, 4) is 0 Å². The molecule has 3 N–H and O–H groups in total. The first kappa shape index (κ1) is 8.01. The van der Waals surface area contributed by atoms with Gasteiger partial charge in [0.1, 0.15) is 5.82 Å². The summed E-state index contributed by atoms with van der Waals surface area (Å²) >= 11 is 0. The van der Waals surface area contributed by atoms with Crippen molar-refractivity contribution in [2.45, 2.75) is 13.1 Å². The van der Waals surface area contributed by atoms with Gasteiger partial charge in [-0.05, 0) is 25.1 Å². The van der Waals surface area contributed by atoms with Crippen LogP contribution in [0.2, 0.25) is 0 Å². The normalized spacial score (nSPS) is 12.6. The molecular formula is C8H11FN2. The number of rotatable bonds is 2. The van der Waals surface area contributed by atoms with Crippen LogP contribution in [0.3, 0.4) is 0 Å². The zero-order chi connectivity index (χ0) is 8.27. The third-order valence-corrected chi connectivity index (χ3v) is 1.22. The van der Waals surface area contributed by atoms with E-state index in [1.807, 2.05) is 0 Å². The highest BCUT2D eigenvalue weighted by Crippen LogP contribution is 2.08. The van der Waals surface area contributed by atoms with E-state index in [1.165, 1.54) is 12.1 Å². The van der Waals surface area contributed by atoms with E-state index in [4.69, 9.17) is 5.73 Å². The van der Waals surface area contributed by atoms with Crippen LogP contribution in [0.25, 0.3) is 0 Å². The van der Waals surface area contributed by atoms with E-state index in [-0.39, 0.29) is 12.0 Å². The first-order valence-corrected chi connectivity index (χ1v) is 3.46. The number of anilines is 1. The van der Waals surface area contributed by atoms with Gasteiger partial charge < -0.3 is 11.1 Å². The van der Waals surface area contributed by atoms with E-state index in [0.717, 1.165) is 0 Å². The summed E-state index contributed by atoms with van der Waals surface area (Å²) in [5.74, 6) is -0.254. The molecule has 1 atom stereocenters. The molecule has 11 heavy (non-hydrogen) atoms. The highest BCUT2D eigenvalue weighted by atomic mass is 19.1. The Morgan fingerprint density at radius 3 is 2.82 bits per heavy atom. The molecule has 0 heterocycles. The van der Waals surface area contributed by atoms with Gasteiger partial charge in [0.25, 0.3) is 0 Å². The summed E-state index contributed by atoms with van der Waals surface area (Å²) in [6.45, 7) is 1.80. The van der Waals surface area contributed by atoms with Gasteiger partial charge in [0, 0.05) is 5.69 Å². The van der Waals surface area contributed by atoms with E-state index in [0.29, 0.717) is 5.69 Å². The molecule has 0 saturated heterocycles. The molecule has 0 bridgehead atoms. The second-order valence-corrected chi connectivity index (χ2v) is 2.44. The van der Waals surface area contributed by atoms with Gasteiger partial charge in [0.2, 0.25) is 0 Å². The first-order chi connectivity index (χ1) is 5.18. The lowest BCUT2D eigenvalue weighted by Gasteiger charge is -2.08. The third-order valence-electron chi connectivity index (χ3n) is 1.22. The number of nitrogens with two attached hydrogens (primary N) is 1. The molecule has 0 aromatic heterocycles. The molecule has 0 radical (unpaired) electrons. The molecule has 0 saturated carbocycles. The molecule has 1 unspecified atom stereocenters. The third kappa shape index (κ3) is 2.55. The summed E-state index contributed by atoms with van der Waals surface area (Å²) in [6.07, 6.45) is -0.156. The molecule has 1 aromatic rings. The zero-order valence-electron chi connectivity index (χ0n) is 6.34. The Balaban J connectivity index is 2.71. The number of hydrogen-bond acceptors (Lipinski definition) is 2. The van der Waals surface area contributed by atoms with E-state index >= 15 is 0 Å². The highest BCUT2D eigenvalue weighted by molar-refractivity contribution is 5.43. The Hall–Kier alpha value is -1.09. The molecule has 1 aromatic carbocycles. The van der Waals surface area contributed by atoms with Crippen molar-refractivity contribution in [2.24, 2.45) is 5.73 Å². The highest BCUT2D eigenvalue weighted by Gasteiger charge is 1.95. The van der Waals surface area contributed by atoms with Crippen LogP contribution in [-0.4, -0.2) is 6.17 Å². The maximum atomic E-state index is 12.5. The van der Waals surface area contributed by atoms with Crippen LogP contribution in [0.1, 0.15) is 6.92 Å². The van der Waals surface area contributed by atoms with E-state index in [9.17, 15) is 4.39 Å². The fraction of sp³-hybridized carbons (Fsp3) is 0.250. The molecule has 3 heteroatoms. The fourth-order valence-corrected chi connectivity index (χ4v) is 0.841. The smallest absolute Gasteiger partial charge is 0.125 e. The standard InChI is InChI=1S/C8H11FN2/c1-6(10)11-8-4-2-3-7(9)5-8/h2-6,11H,10H2,1H3. The lowest BCUT2D eigenvalue weighted by molar-refractivity contribution is 0.628. The summed E-state index contributed by atoms with van der Waals surface area (Å²) in [4.78, 5) is 0. The van der Waals surface area contributed by atoms with Gasteiger partial charge in [-0.15, -0.1) is 0 Å². The van der Waals surface area contributed by atoms with Crippen molar-refractivity contribution in [3.63, 3.8) is 0 Å². The Kier molecular flexibility index (Phi) is 2.44. The second kappa shape index (κ2) is 3.34. The number of benzene rings is 1. The number of nitrogens with one attached hydrogen (secondary N) is 1. The number of halogens is 1. The van der Waals surface area contributed by atoms with Gasteiger partial charge in [0.15, 0.2) is 0 Å². The van der Waals surface area contributed by atoms with Gasteiger partial charge in [-0.25, -0.2) is 4.39 Å². The predicted octanol–water partition coefficient (Wildman–Crippen LogP) is 1.54. The SMILES string of the molecule is CC(N)Nc1cccc(F)c1. The molecule has 0 spiro atoms. The Morgan fingerprint density at radius 2 is 2.27 bits per heavy atom. The van der Waals surface area contributed by atoms with Crippen LogP contribution >= 0.6 is 0 Å². The number of hydrogen-bond donors (Lipinski definition) is 2. The van der Waals surface area contributed by atoms with Gasteiger partial charge in [-0.2, -0.15) is 0 Å². The average molecular weight is 154 g/mol. The van der Waals surface area contributed by atoms with Gasteiger partial charge in [-0.3, -0.25) is 0 Å². The average Bonchev–Trinajstić information content (AvgIpc) is 1.85. The van der Waals surface area contributed by atoms with Crippen molar-refractivity contribution in [1.29, 1.82) is 0 Å². The largest absolute Gasteiger partial charge is 0.370 e. The lowest BCUT2D eigenvalue weighted by atomic mass is 10.3. The summed E-state index contributed by atoms with van der Waals surface area (Å²) in [7, 11) is 0. The zero-order valence-corrected chi connectivity index (χ0v) is 6.34. The van der Waals surface area contributed by atoms with Crippen molar-refractivity contribution in [1.82, 2.24) is 0 Å². The van der Waals surface area contributed by atoms with Gasteiger partial charge in [0.05, 0.1) is 6.17 Å². The van der Waals surface area contributed by atoms with Gasteiger partial charge >= 0.3 is 0 Å². The maximum absolute atomic E-state index is 12.5.